The highest BCUT2D eigenvalue weighted by Crippen LogP contribution is 2.22. The molecule has 0 aliphatic heterocycles. The molecular weight excluding hydrogens is 453 g/mol. The SMILES string of the molecule is C=CCn1c(SCC(=O)Nc2ccc(C(C)C)cc2)nnc1C(C)NC(=O)c1ccccc1F. The van der Waals surface area contributed by atoms with E-state index in [9.17, 15) is 14.0 Å². The normalized spacial score (nSPS) is 11.8. The van der Waals surface area contributed by atoms with Gasteiger partial charge in [-0.05, 0) is 42.7 Å². The smallest absolute Gasteiger partial charge is 0.254 e. The highest BCUT2D eigenvalue weighted by atomic mass is 32.2. The number of carbonyl (C=O) groups excluding carboxylic acids is 2. The summed E-state index contributed by atoms with van der Waals surface area (Å²) >= 11 is 1.24. The van der Waals surface area contributed by atoms with E-state index in [0.717, 1.165) is 5.69 Å². The Bertz CT molecular complexity index is 1160. The monoisotopic (exact) mass is 481 g/mol. The molecule has 1 aromatic heterocycles. The van der Waals surface area contributed by atoms with Gasteiger partial charge in [-0.25, -0.2) is 4.39 Å². The minimum atomic E-state index is -0.596. The third-order valence-electron chi connectivity index (χ3n) is 5.10. The zero-order chi connectivity index (χ0) is 24.7. The zero-order valence-corrected chi connectivity index (χ0v) is 20.2. The highest BCUT2D eigenvalue weighted by molar-refractivity contribution is 7.99. The topological polar surface area (TPSA) is 88.9 Å². The van der Waals surface area contributed by atoms with Crippen molar-refractivity contribution < 1.29 is 14.0 Å². The molecule has 0 aliphatic carbocycles. The molecule has 34 heavy (non-hydrogen) atoms. The average Bonchev–Trinajstić information content (AvgIpc) is 3.21. The van der Waals surface area contributed by atoms with Gasteiger partial charge in [-0.1, -0.05) is 56.0 Å². The number of benzene rings is 2. The second-order valence-corrected chi connectivity index (χ2v) is 8.97. The Kier molecular flexibility index (Phi) is 8.59. The molecule has 9 heteroatoms. The number of rotatable bonds is 10. The summed E-state index contributed by atoms with van der Waals surface area (Å²) in [5, 5.41) is 14.5. The number of nitrogens with one attached hydrogen (secondary N) is 2. The van der Waals surface area contributed by atoms with Gasteiger partial charge in [-0.15, -0.1) is 16.8 Å². The number of allylic oxidation sites excluding steroid dienone is 1. The van der Waals surface area contributed by atoms with E-state index in [1.165, 1.54) is 35.5 Å². The van der Waals surface area contributed by atoms with Crippen LogP contribution in [0.15, 0.2) is 66.3 Å². The maximum atomic E-state index is 13.9. The van der Waals surface area contributed by atoms with Crippen LogP contribution in [0.3, 0.4) is 0 Å². The summed E-state index contributed by atoms with van der Waals surface area (Å²) in [5.41, 5.74) is 1.89. The average molecular weight is 482 g/mol. The van der Waals surface area contributed by atoms with Crippen LogP contribution in [-0.4, -0.2) is 32.3 Å². The van der Waals surface area contributed by atoms with E-state index in [1.54, 1.807) is 23.6 Å². The van der Waals surface area contributed by atoms with E-state index in [1.807, 2.05) is 24.3 Å². The Balaban J connectivity index is 1.64. The Morgan fingerprint density at radius 2 is 1.82 bits per heavy atom. The lowest BCUT2D eigenvalue weighted by molar-refractivity contribution is -0.113. The second kappa shape index (κ2) is 11.6. The van der Waals surface area contributed by atoms with Crippen molar-refractivity contribution in [3.05, 3.63) is 84.0 Å². The first-order valence-electron chi connectivity index (χ1n) is 10.9. The van der Waals surface area contributed by atoms with E-state index in [4.69, 9.17) is 0 Å². The second-order valence-electron chi connectivity index (χ2n) is 8.03. The number of aromatic nitrogens is 3. The van der Waals surface area contributed by atoms with Crippen LogP contribution < -0.4 is 10.6 Å². The van der Waals surface area contributed by atoms with Gasteiger partial charge < -0.3 is 15.2 Å². The molecule has 0 spiro atoms. The van der Waals surface area contributed by atoms with Crippen LogP contribution in [0.5, 0.6) is 0 Å². The molecule has 0 radical (unpaired) electrons. The molecule has 1 atom stereocenters. The van der Waals surface area contributed by atoms with Crippen LogP contribution in [0.25, 0.3) is 0 Å². The molecule has 3 rings (SSSR count). The fraction of sp³-hybridized carbons (Fsp3) is 0.280. The first kappa shape index (κ1) is 25.2. The maximum absolute atomic E-state index is 13.9. The molecule has 0 bridgehead atoms. The number of anilines is 1. The molecule has 2 amide bonds. The molecule has 1 unspecified atom stereocenters. The molecule has 3 aromatic rings. The number of nitrogens with zero attached hydrogens (tertiary/aromatic N) is 3. The Hall–Kier alpha value is -3.46. The summed E-state index contributed by atoms with van der Waals surface area (Å²) in [5.74, 6) is -0.270. The van der Waals surface area contributed by atoms with Crippen molar-refractivity contribution in [2.75, 3.05) is 11.1 Å². The minimum absolute atomic E-state index is 0.0446. The molecule has 0 fully saturated rings. The number of halogens is 1. The Morgan fingerprint density at radius 1 is 1.12 bits per heavy atom. The molecule has 178 valence electrons. The van der Waals surface area contributed by atoms with Crippen LogP contribution in [0.2, 0.25) is 0 Å². The van der Waals surface area contributed by atoms with Gasteiger partial charge in [0.05, 0.1) is 17.4 Å². The van der Waals surface area contributed by atoms with Gasteiger partial charge in [-0.2, -0.15) is 0 Å². The van der Waals surface area contributed by atoms with E-state index in [2.05, 4.69) is 41.3 Å². The van der Waals surface area contributed by atoms with Crippen molar-refractivity contribution in [1.29, 1.82) is 0 Å². The van der Waals surface area contributed by atoms with Crippen LogP contribution in [0.4, 0.5) is 10.1 Å². The highest BCUT2D eigenvalue weighted by Gasteiger charge is 2.21. The van der Waals surface area contributed by atoms with E-state index in [0.29, 0.717) is 23.4 Å². The van der Waals surface area contributed by atoms with Crippen molar-refractivity contribution in [3.8, 4) is 0 Å². The third kappa shape index (κ3) is 6.32. The van der Waals surface area contributed by atoms with E-state index in [-0.39, 0.29) is 17.2 Å². The van der Waals surface area contributed by atoms with E-state index >= 15 is 0 Å². The van der Waals surface area contributed by atoms with Crippen molar-refractivity contribution in [3.63, 3.8) is 0 Å². The first-order valence-corrected chi connectivity index (χ1v) is 11.9. The standard InChI is InChI=1S/C25H28FN5O2S/c1-5-14-31-23(17(4)27-24(33)20-8-6-7-9-21(20)26)29-30-25(31)34-15-22(32)28-19-12-10-18(11-13-19)16(2)3/h5-13,16-17H,1,14-15H2,2-4H3,(H,27,33)(H,28,32). The lowest BCUT2D eigenvalue weighted by atomic mass is 10.0. The zero-order valence-electron chi connectivity index (χ0n) is 19.4. The molecule has 0 aliphatic rings. The number of carbonyl (C=O) groups is 2. The fourth-order valence-electron chi connectivity index (χ4n) is 3.29. The maximum Gasteiger partial charge on any atom is 0.254 e. The van der Waals surface area contributed by atoms with Crippen LogP contribution in [0.1, 0.15) is 54.5 Å². The van der Waals surface area contributed by atoms with Crippen LogP contribution >= 0.6 is 11.8 Å². The lowest BCUT2D eigenvalue weighted by Gasteiger charge is -2.15. The number of amides is 2. The van der Waals surface area contributed by atoms with Crippen molar-refractivity contribution in [1.82, 2.24) is 20.1 Å². The van der Waals surface area contributed by atoms with Crippen molar-refractivity contribution in [2.24, 2.45) is 0 Å². The molecule has 1 heterocycles. The number of hydrogen-bond donors (Lipinski definition) is 2. The summed E-state index contributed by atoms with van der Waals surface area (Å²) in [6.07, 6.45) is 1.68. The molecule has 7 nitrogen and oxygen atoms in total. The molecule has 0 saturated heterocycles. The predicted molar refractivity (Wildman–Crippen MR) is 132 cm³/mol. The summed E-state index contributed by atoms with van der Waals surface area (Å²) in [7, 11) is 0. The summed E-state index contributed by atoms with van der Waals surface area (Å²) in [6.45, 7) is 10.1. The van der Waals surface area contributed by atoms with Crippen molar-refractivity contribution in [2.45, 2.75) is 44.4 Å². The minimum Gasteiger partial charge on any atom is -0.342 e. The summed E-state index contributed by atoms with van der Waals surface area (Å²) in [4.78, 5) is 24.9. The molecule has 2 N–H and O–H groups in total. The predicted octanol–water partition coefficient (Wildman–Crippen LogP) is 4.95. The molecule has 0 saturated carbocycles. The van der Waals surface area contributed by atoms with Gasteiger partial charge in [0.25, 0.3) is 5.91 Å². The molecular formula is C25H28FN5O2S. The third-order valence-corrected chi connectivity index (χ3v) is 6.07. The summed E-state index contributed by atoms with van der Waals surface area (Å²) in [6, 6.07) is 13.0. The van der Waals surface area contributed by atoms with Crippen LogP contribution in [-0.2, 0) is 11.3 Å². The van der Waals surface area contributed by atoms with Gasteiger partial charge in [-0.3, -0.25) is 9.59 Å². The lowest BCUT2D eigenvalue weighted by Crippen LogP contribution is -2.29. The van der Waals surface area contributed by atoms with Gasteiger partial charge >= 0.3 is 0 Å². The van der Waals surface area contributed by atoms with Gasteiger partial charge in [0.2, 0.25) is 5.91 Å². The molecule has 2 aromatic carbocycles. The fourth-order valence-corrected chi connectivity index (χ4v) is 4.05. The van der Waals surface area contributed by atoms with Crippen molar-refractivity contribution >= 4 is 29.3 Å². The van der Waals surface area contributed by atoms with Gasteiger partial charge in [0.1, 0.15) is 5.82 Å². The Labute approximate surface area is 202 Å². The van der Waals surface area contributed by atoms with Gasteiger partial charge in [0.15, 0.2) is 11.0 Å². The Morgan fingerprint density at radius 3 is 2.47 bits per heavy atom. The number of thioether (sulfide) groups is 1. The number of hydrogen-bond acceptors (Lipinski definition) is 5. The van der Waals surface area contributed by atoms with Crippen LogP contribution in [0, 0.1) is 5.82 Å². The first-order chi connectivity index (χ1) is 16.3. The quantitative estimate of drug-likeness (QED) is 0.316. The van der Waals surface area contributed by atoms with E-state index < -0.39 is 17.8 Å². The largest absolute Gasteiger partial charge is 0.342 e. The van der Waals surface area contributed by atoms with Gasteiger partial charge in [0, 0.05) is 12.2 Å². The summed E-state index contributed by atoms with van der Waals surface area (Å²) < 4.78 is 15.7.